The molecule has 0 amide bonds. The third-order valence-corrected chi connectivity index (χ3v) is 16.3. The van der Waals surface area contributed by atoms with Gasteiger partial charge in [-0.1, -0.05) is 320 Å². The Morgan fingerprint density at radius 1 is 0.247 bits per heavy atom. The zero-order valence-electron chi connectivity index (χ0n) is 54.6. The number of esters is 3. The summed E-state index contributed by atoms with van der Waals surface area (Å²) in [5.41, 5.74) is 0. The lowest BCUT2D eigenvalue weighted by Gasteiger charge is -2.18. The van der Waals surface area contributed by atoms with E-state index in [-0.39, 0.29) is 31.1 Å². The zero-order valence-corrected chi connectivity index (χ0v) is 54.6. The summed E-state index contributed by atoms with van der Waals surface area (Å²) in [4.78, 5) is 38.4. The predicted molar refractivity (Wildman–Crippen MR) is 353 cm³/mol. The highest BCUT2D eigenvalue weighted by atomic mass is 16.6. The number of hydrogen-bond acceptors (Lipinski definition) is 6. The molecule has 6 heteroatoms. The van der Waals surface area contributed by atoms with Gasteiger partial charge in [0, 0.05) is 19.3 Å². The fourth-order valence-electron chi connectivity index (χ4n) is 10.8. The van der Waals surface area contributed by atoms with Crippen LogP contribution in [-0.4, -0.2) is 37.2 Å². The van der Waals surface area contributed by atoms with E-state index in [0.717, 1.165) is 77.0 Å². The van der Waals surface area contributed by atoms with E-state index in [1.54, 1.807) is 0 Å². The molecule has 0 aromatic rings. The number of allylic oxidation sites excluding steroid dienone is 8. The molecule has 0 spiro atoms. The Hall–Kier alpha value is -2.63. The van der Waals surface area contributed by atoms with Crippen molar-refractivity contribution in [3.63, 3.8) is 0 Å². The van der Waals surface area contributed by atoms with Crippen LogP contribution < -0.4 is 0 Å². The van der Waals surface area contributed by atoms with Crippen molar-refractivity contribution in [2.45, 2.75) is 399 Å². The van der Waals surface area contributed by atoms with Gasteiger partial charge in [-0.05, 0) is 103 Å². The Labute approximate surface area is 505 Å². The number of unbranched alkanes of at least 4 members (excludes halogenated alkanes) is 48. The highest BCUT2D eigenvalue weighted by molar-refractivity contribution is 5.71. The van der Waals surface area contributed by atoms with Crippen molar-refractivity contribution >= 4 is 17.9 Å². The van der Waals surface area contributed by atoms with Gasteiger partial charge in [0.25, 0.3) is 0 Å². The van der Waals surface area contributed by atoms with Gasteiger partial charge in [0.05, 0.1) is 0 Å². The monoisotopic (exact) mass is 1140 g/mol. The Bertz CT molecular complexity index is 1400. The number of rotatable bonds is 67. The van der Waals surface area contributed by atoms with Gasteiger partial charge < -0.3 is 14.2 Å². The molecule has 0 saturated carbocycles. The molecule has 0 bridgehead atoms. The molecule has 0 fully saturated rings. The maximum atomic E-state index is 12.9. The highest BCUT2D eigenvalue weighted by Gasteiger charge is 2.19. The van der Waals surface area contributed by atoms with Crippen LogP contribution in [-0.2, 0) is 28.6 Å². The van der Waals surface area contributed by atoms with E-state index in [2.05, 4.69) is 69.4 Å². The van der Waals surface area contributed by atoms with Gasteiger partial charge in [0.1, 0.15) is 13.2 Å². The van der Waals surface area contributed by atoms with Crippen molar-refractivity contribution in [3.8, 4) is 0 Å². The molecule has 1 atom stereocenters. The van der Waals surface area contributed by atoms with E-state index < -0.39 is 6.10 Å². The molecule has 0 rings (SSSR count). The van der Waals surface area contributed by atoms with Crippen LogP contribution in [0.4, 0.5) is 0 Å². The minimum Gasteiger partial charge on any atom is -0.462 e. The minimum absolute atomic E-state index is 0.0745. The third kappa shape index (κ3) is 68.0. The summed E-state index contributed by atoms with van der Waals surface area (Å²) in [5.74, 6) is -0.867. The Morgan fingerprint density at radius 3 is 0.691 bits per heavy atom. The molecule has 0 aliphatic heterocycles. The highest BCUT2D eigenvalue weighted by Crippen LogP contribution is 2.18. The smallest absolute Gasteiger partial charge is 0.306 e. The van der Waals surface area contributed by atoms with Crippen LogP contribution in [0.25, 0.3) is 0 Å². The maximum Gasteiger partial charge on any atom is 0.306 e. The van der Waals surface area contributed by atoms with Gasteiger partial charge in [-0.25, -0.2) is 0 Å². The van der Waals surface area contributed by atoms with Gasteiger partial charge in [0.2, 0.25) is 0 Å². The molecule has 0 radical (unpaired) electrons. The molecule has 6 nitrogen and oxygen atoms in total. The Kier molecular flexibility index (Phi) is 67.6. The molecule has 0 N–H and O–H groups in total. The summed E-state index contributed by atoms with van der Waals surface area (Å²) in [5, 5.41) is 0. The van der Waals surface area contributed by atoms with Crippen molar-refractivity contribution in [2.24, 2.45) is 0 Å². The van der Waals surface area contributed by atoms with Crippen molar-refractivity contribution in [1.29, 1.82) is 0 Å². The van der Waals surface area contributed by atoms with Crippen LogP contribution in [0.1, 0.15) is 393 Å². The standard InChI is InChI=1S/C75H138O6/c1-4-7-10-13-16-19-22-25-28-29-30-31-32-33-34-35-36-37-38-39-40-41-42-43-44-45-48-50-53-56-59-62-65-68-74(77)80-71-72(81-75(78)69-66-63-60-57-54-51-47-27-24-21-18-15-12-9-6-3)70-79-73(76)67-64-61-58-55-52-49-46-26-23-20-17-14-11-8-5-2/h22,25-27,29-30,46-47,72H,4-21,23-24,28,31-45,48-71H2,1-3H3/b25-22-,30-29-,46-26-,47-27-. The van der Waals surface area contributed by atoms with Crippen molar-refractivity contribution < 1.29 is 28.6 Å². The predicted octanol–water partition coefficient (Wildman–Crippen LogP) is 24.9. The molecule has 0 aromatic carbocycles. The second-order valence-electron chi connectivity index (χ2n) is 24.5. The summed E-state index contributed by atoms with van der Waals surface area (Å²) in [6.07, 6.45) is 88.7. The molecule has 0 aliphatic carbocycles. The van der Waals surface area contributed by atoms with Gasteiger partial charge in [-0.3, -0.25) is 14.4 Å². The van der Waals surface area contributed by atoms with Crippen LogP contribution in [0.2, 0.25) is 0 Å². The minimum atomic E-state index is -0.779. The first-order chi connectivity index (χ1) is 40.0. The fraction of sp³-hybridized carbons (Fsp3) is 0.853. The molecule has 0 saturated heterocycles. The third-order valence-electron chi connectivity index (χ3n) is 16.3. The lowest BCUT2D eigenvalue weighted by atomic mass is 10.0. The zero-order chi connectivity index (χ0) is 58.5. The lowest BCUT2D eigenvalue weighted by molar-refractivity contribution is -0.167. The van der Waals surface area contributed by atoms with Crippen LogP contribution in [0.3, 0.4) is 0 Å². The second-order valence-corrected chi connectivity index (χ2v) is 24.5. The summed E-state index contributed by atoms with van der Waals surface area (Å²) in [7, 11) is 0. The average Bonchev–Trinajstić information content (AvgIpc) is 3.47. The van der Waals surface area contributed by atoms with Gasteiger partial charge in [0.15, 0.2) is 6.10 Å². The maximum absolute atomic E-state index is 12.9. The van der Waals surface area contributed by atoms with Gasteiger partial charge >= 0.3 is 17.9 Å². The van der Waals surface area contributed by atoms with E-state index in [1.807, 2.05) is 0 Å². The summed E-state index contributed by atoms with van der Waals surface area (Å²) >= 11 is 0. The van der Waals surface area contributed by atoms with E-state index in [4.69, 9.17) is 14.2 Å². The number of hydrogen-bond donors (Lipinski definition) is 0. The molecule has 0 heterocycles. The summed E-state index contributed by atoms with van der Waals surface area (Å²) in [6.45, 7) is 6.66. The molecule has 81 heavy (non-hydrogen) atoms. The largest absolute Gasteiger partial charge is 0.462 e. The number of ether oxygens (including phenoxy) is 3. The Balaban J connectivity index is 4.13. The fourth-order valence-corrected chi connectivity index (χ4v) is 10.8. The first-order valence-electron chi connectivity index (χ1n) is 36.1. The SMILES string of the molecule is CCCCCCC/C=C\C/C=C\CCCCCCCCCCCCCCCCCCCCCCCC(=O)OCC(COC(=O)CCCCCCC/C=C\CCCCCCCC)OC(=O)CCCCCCC/C=C\CCCCCCCC. The summed E-state index contributed by atoms with van der Waals surface area (Å²) in [6, 6.07) is 0. The number of carbonyl (C=O) groups is 3. The van der Waals surface area contributed by atoms with E-state index in [9.17, 15) is 14.4 Å². The van der Waals surface area contributed by atoms with E-state index in [1.165, 1.54) is 276 Å². The first-order valence-corrected chi connectivity index (χ1v) is 36.1. The molecular formula is C75H138O6. The van der Waals surface area contributed by atoms with Crippen LogP contribution in [0, 0.1) is 0 Å². The Morgan fingerprint density at radius 2 is 0.444 bits per heavy atom. The number of carbonyl (C=O) groups excluding carboxylic acids is 3. The van der Waals surface area contributed by atoms with Crippen LogP contribution in [0.5, 0.6) is 0 Å². The summed E-state index contributed by atoms with van der Waals surface area (Å²) < 4.78 is 17.0. The molecule has 0 aromatic heterocycles. The van der Waals surface area contributed by atoms with Gasteiger partial charge in [-0.15, -0.1) is 0 Å². The van der Waals surface area contributed by atoms with Crippen LogP contribution >= 0.6 is 0 Å². The lowest BCUT2D eigenvalue weighted by Crippen LogP contribution is -2.30. The average molecular weight is 1140 g/mol. The van der Waals surface area contributed by atoms with Crippen molar-refractivity contribution in [2.75, 3.05) is 13.2 Å². The van der Waals surface area contributed by atoms with Crippen LogP contribution in [0.15, 0.2) is 48.6 Å². The van der Waals surface area contributed by atoms with E-state index in [0.29, 0.717) is 19.3 Å². The molecule has 0 aliphatic rings. The van der Waals surface area contributed by atoms with Crippen molar-refractivity contribution in [3.05, 3.63) is 48.6 Å². The normalized spacial score (nSPS) is 12.3. The topological polar surface area (TPSA) is 78.9 Å². The second kappa shape index (κ2) is 69.9. The molecule has 1 unspecified atom stereocenters. The first kappa shape index (κ1) is 78.4. The van der Waals surface area contributed by atoms with Gasteiger partial charge in [-0.2, -0.15) is 0 Å². The molecule has 474 valence electrons. The quantitative estimate of drug-likeness (QED) is 0.0261. The molecular weight excluding hydrogens is 997 g/mol. The van der Waals surface area contributed by atoms with Crippen molar-refractivity contribution in [1.82, 2.24) is 0 Å². The van der Waals surface area contributed by atoms with E-state index >= 15 is 0 Å².